The standard InChI is InChI=1S/C20H20N4O4S/c25-19-13-24(10-9-21-19)29(27,28)17-7-5-14(6-8-17)20(26)22-12-16-11-15-3-1-2-4-18(15)23-16/h1-8,11,23H,9-10,12-13H2,(H,21,25)(H,22,26). The average Bonchev–Trinajstić information content (AvgIpc) is 3.15. The summed E-state index contributed by atoms with van der Waals surface area (Å²) in [5.74, 6) is -0.627. The van der Waals surface area contributed by atoms with Gasteiger partial charge in [0.15, 0.2) is 0 Å². The van der Waals surface area contributed by atoms with Crippen molar-refractivity contribution < 1.29 is 18.0 Å². The number of sulfonamides is 1. The Morgan fingerprint density at radius 3 is 2.59 bits per heavy atom. The third-order valence-corrected chi connectivity index (χ3v) is 6.64. The highest BCUT2D eigenvalue weighted by atomic mass is 32.2. The molecule has 1 aliphatic rings. The molecule has 3 aromatic rings. The third-order valence-electron chi connectivity index (χ3n) is 4.78. The van der Waals surface area contributed by atoms with Gasteiger partial charge in [-0.25, -0.2) is 8.42 Å². The third kappa shape index (κ3) is 4.01. The fourth-order valence-electron chi connectivity index (χ4n) is 3.25. The molecule has 1 fully saturated rings. The summed E-state index contributed by atoms with van der Waals surface area (Å²) in [5, 5.41) is 6.48. The van der Waals surface area contributed by atoms with Crippen LogP contribution in [-0.2, 0) is 21.4 Å². The Labute approximate surface area is 168 Å². The van der Waals surface area contributed by atoms with E-state index in [4.69, 9.17) is 0 Å². The molecule has 2 amide bonds. The highest BCUT2D eigenvalue weighted by molar-refractivity contribution is 7.89. The molecule has 8 nitrogen and oxygen atoms in total. The predicted molar refractivity (Wildman–Crippen MR) is 108 cm³/mol. The van der Waals surface area contributed by atoms with Crippen LogP contribution in [0.15, 0.2) is 59.5 Å². The molecule has 9 heteroatoms. The average molecular weight is 412 g/mol. The van der Waals surface area contributed by atoms with Gasteiger partial charge in [-0.05, 0) is 41.8 Å². The molecule has 0 atom stereocenters. The summed E-state index contributed by atoms with van der Waals surface area (Å²) in [7, 11) is -3.77. The Morgan fingerprint density at radius 1 is 1.10 bits per heavy atom. The Bertz CT molecular complexity index is 1140. The van der Waals surface area contributed by atoms with Crippen LogP contribution in [0.3, 0.4) is 0 Å². The number of aromatic amines is 1. The van der Waals surface area contributed by atoms with E-state index in [-0.39, 0.29) is 36.3 Å². The van der Waals surface area contributed by atoms with Crippen molar-refractivity contribution >= 4 is 32.7 Å². The van der Waals surface area contributed by atoms with Gasteiger partial charge >= 0.3 is 0 Å². The smallest absolute Gasteiger partial charge is 0.251 e. The lowest BCUT2D eigenvalue weighted by Crippen LogP contribution is -2.49. The highest BCUT2D eigenvalue weighted by Crippen LogP contribution is 2.18. The fraction of sp³-hybridized carbons (Fsp3) is 0.200. The maximum absolute atomic E-state index is 12.7. The minimum absolute atomic E-state index is 0.0550. The van der Waals surface area contributed by atoms with Crippen molar-refractivity contribution in [3.05, 3.63) is 65.9 Å². The molecule has 1 aromatic heterocycles. The van der Waals surface area contributed by atoms with E-state index in [1.54, 1.807) is 0 Å². The van der Waals surface area contributed by atoms with E-state index in [1.165, 1.54) is 24.3 Å². The number of rotatable bonds is 5. The number of para-hydroxylation sites is 1. The minimum Gasteiger partial charge on any atom is -0.357 e. The fourth-order valence-corrected chi connectivity index (χ4v) is 4.65. The first-order valence-electron chi connectivity index (χ1n) is 9.15. The van der Waals surface area contributed by atoms with Crippen molar-refractivity contribution in [2.24, 2.45) is 0 Å². The van der Waals surface area contributed by atoms with Crippen LogP contribution in [0.4, 0.5) is 0 Å². The molecule has 1 saturated heterocycles. The molecule has 2 heterocycles. The predicted octanol–water partition coefficient (Wildman–Crippen LogP) is 1.22. The number of carbonyl (C=O) groups excluding carboxylic acids is 2. The summed E-state index contributed by atoms with van der Waals surface area (Å²) in [5.41, 5.74) is 2.23. The van der Waals surface area contributed by atoms with Gasteiger partial charge in [-0.1, -0.05) is 18.2 Å². The zero-order valence-electron chi connectivity index (χ0n) is 15.5. The van der Waals surface area contributed by atoms with Crippen LogP contribution in [0.25, 0.3) is 10.9 Å². The van der Waals surface area contributed by atoms with Gasteiger partial charge in [-0.2, -0.15) is 4.31 Å². The van der Waals surface area contributed by atoms with E-state index in [2.05, 4.69) is 15.6 Å². The van der Waals surface area contributed by atoms with Crippen molar-refractivity contribution in [2.45, 2.75) is 11.4 Å². The van der Waals surface area contributed by atoms with Gasteiger partial charge in [0.2, 0.25) is 15.9 Å². The Kier molecular flexibility index (Phi) is 5.08. The molecule has 4 rings (SSSR count). The number of fused-ring (bicyclic) bond motifs is 1. The van der Waals surface area contributed by atoms with Gasteiger partial charge in [0.05, 0.1) is 18.0 Å². The first-order valence-corrected chi connectivity index (χ1v) is 10.6. The number of piperazine rings is 1. The van der Waals surface area contributed by atoms with Gasteiger partial charge in [0, 0.05) is 29.9 Å². The van der Waals surface area contributed by atoms with E-state index >= 15 is 0 Å². The molecular weight excluding hydrogens is 392 g/mol. The molecule has 1 aliphatic heterocycles. The van der Waals surface area contributed by atoms with Crippen molar-refractivity contribution in [1.82, 2.24) is 19.9 Å². The second kappa shape index (κ2) is 7.69. The van der Waals surface area contributed by atoms with Crippen molar-refractivity contribution in [2.75, 3.05) is 19.6 Å². The number of aromatic nitrogens is 1. The maximum atomic E-state index is 12.7. The van der Waals surface area contributed by atoms with Crippen LogP contribution in [0, 0.1) is 0 Å². The molecule has 0 unspecified atom stereocenters. The molecule has 0 spiro atoms. The van der Waals surface area contributed by atoms with Crippen LogP contribution >= 0.6 is 0 Å². The lowest BCUT2D eigenvalue weighted by molar-refractivity contribution is -0.122. The van der Waals surface area contributed by atoms with Crippen molar-refractivity contribution in [1.29, 1.82) is 0 Å². The topological polar surface area (TPSA) is 111 Å². The van der Waals surface area contributed by atoms with E-state index in [9.17, 15) is 18.0 Å². The molecule has 0 radical (unpaired) electrons. The van der Waals surface area contributed by atoms with Gasteiger partial charge in [-0.3, -0.25) is 9.59 Å². The van der Waals surface area contributed by atoms with Crippen molar-refractivity contribution in [3.8, 4) is 0 Å². The van der Waals surface area contributed by atoms with Crippen LogP contribution in [0.2, 0.25) is 0 Å². The summed E-state index contributed by atoms with van der Waals surface area (Å²) in [6.07, 6.45) is 0. The van der Waals surface area contributed by atoms with E-state index < -0.39 is 10.0 Å². The van der Waals surface area contributed by atoms with Crippen LogP contribution in [-0.4, -0.2) is 49.2 Å². The maximum Gasteiger partial charge on any atom is 0.251 e. The molecular formula is C20H20N4O4S. The molecule has 0 bridgehead atoms. The largest absolute Gasteiger partial charge is 0.357 e. The lowest BCUT2D eigenvalue weighted by Gasteiger charge is -2.25. The normalized spacial score (nSPS) is 15.2. The molecule has 29 heavy (non-hydrogen) atoms. The molecule has 2 aromatic carbocycles. The Morgan fingerprint density at radius 2 is 1.86 bits per heavy atom. The second-order valence-electron chi connectivity index (χ2n) is 6.78. The zero-order chi connectivity index (χ0) is 20.4. The van der Waals surface area contributed by atoms with E-state index in [0.29, 0.717) is 12.1 Å². The Hall–Kier alpha value is -3.17. The monoisotopic (exact) mass is 412 g/mol. The number of nitrogens with one attached hydrogen (secondary N) is 3. The molecule has 0 saturated carbocycles. The number of amides is 2. The number of hydrogen-bond acceptors (Lipinski definition) is 4. The molecule has 150 valence electrons. The molecule has 0 aliphatic carbocycles. The van der Waals surface area contributed by atoms with Gasteiger partial charge in [0.1, 0.15) is 0 Å². The zero-order valence-corrected chi connectivity index (χ0v) is 16.3. The SMILES string of the molecule is O=C1CN(S(=O)(=O)c2ccc(C(=O)NCc3cc4ccccc4[nH]3)cc2)CCN1. The van der Waals surface area contributed by atoms with Gasteiger partial charge in [0.25, 0.3) is 5.91 Å². The highest BCUT2D eigenvalue weighted by Gasteiger charge is 2.29. The number of carbonyl (C=O) groups is 2. The van der Waals surface area contributed by atoms with E-state index in [0.717, 1.165) is 20.9 Å². The number of nitrogens with zero attached hydrogens (tertiary/aromatic N) is 1. The van der Waals surface area contributed by atoms with Crippen LogP contribution in [0.5, 0.6) is 0 Å². The minimum atomic E-state index is -3.77. The van der Waals surface area contributed by atoms with Crippen LogP contribution in [0.1, 0.15) is 16.1 Å². The quantitative estimate of drug-likeness (QED) is 0.585. The van der Waals surface area contributed by atoms with E-state index in [1.807, 2.05) is 30.3 Å². The van der Waals surface area contributed by atoms with Gasteiger partial charge in [-0.15, -0.1) is 0 Å². The van der Waals surface area contributed by atoms with Gasteiger partial charge < -0.3 is 15.6 Å². The molecule has 3 N–H and O–H groups in total. The number of hydrogen-bond donors (Lipinski definition) is 3. The Balaban J connectivity index is 1.42. The van der Waals surface area contributed by atoms with Crippen LogP contribution < -0.4 is 10.6 Å². The number of H-pyrrole nitrogens is 1. The summed E-state index contributed by atoms with van der Waals surface area (Å²) < 4.78 is 26.4. The first-order chi connectivity index (χ1) is 13.9. The summed E-state index contributed by atoms with van der Waals surface area (Å²) in [6.45, 7) is 0.638. The number of benzene rings is 2. The lowest BCUT2D eigenvalue weighted by atomic mass is 10.2. The summed E-state index contributed by atoms with van der Waals surface area (Å²) in [6, 6.07) is 15.5. The summed E-state index contributed by atoms with van der Waals surface area (Å²) >= 11 is 0. The second-order valence-corrected chi connectivity index (χ2v) is 8.72. The summed E-state index contributed by atoms with van der Waals surface area (Å²) in [4.78, 5) is 27.2. The van der Waals surface area contributed by atoms with Crippen molar-refractivity contribution in [3.63, 3.8) is 0 Å². The first kappa shape index (κ1) is 19.2.